The monoisotopic (exact) mass is 414 g/mol. The molecular formula is C18H23BrO6. The van der Waals surface area contributed by atoms with Crippen molar-refractivity contribution in [3.8, 4) is 0 Å². The van der Waals surface area contributed by atoms with Gasteiger partial charge in [-0.1, -0.05) is 28.1 Å². The van der Waals surface area contributed by atoms with Gasteiger partial charge in [0.15, 0.2) is 6.29 Å². The van der Waals surface area contributed by atoms with Crippen LogP contribution in [-0.2, 0) is 35.0 Å². The molecule has 0 aromatic heterocycles. The van der Waals surface area contributed by atoms with E-state index in [4.69, 9.17) is 18.9 Å². The molecule has 0 N–H and O–H groups in total. The van der Waals surface area contributed by atoms with Gasteiger partial charge in [-0.05, 0) is 24.1 Å². The molecule has 25 heavy (non-hydrogen) atoms. The zero-order valence-electron chi connectivity index (χ0n) is 14.4. The van der Waals surface area contributed by atoms with Gasteiger partial charge in [0.25, 0.3) is 0 Å². The second kappa shape index (κ2) is 9.89. The maximum atomic E-state index is 11.2. The first-order valence-electron chi connectivity index (χ1n) is 8.24. The first-order chi connectivity index (χ1) is 11.9. The molecule has 1 saturated heterocycles. The van der Waals surface area contributed by atoms with Crippen LogP contribution >= 0.6 is 15.9 Å². The largest absolute Gasteiger partial charge is 0.463 e. The molecule has 1 aromatic rings. The lowest BCUT2D eigenvalue weighted by molar-refractivity contribution is -0.228. The van der Waals surface area contributed by atoms with Crippen LogP contribution in [0, 0.1) is 0 Å². The van der Waals surface area contributed by atoms with Crippen LogP contribution in [0.15, 0.2) is 28.7 Å². The highest BCUT2D eigenvalue weighted by Crippen LogP contribution is 2.24. The molecule has 0 bridgehead atoms. The molecule has 138 valence electrons. The van der Waals surface area contributed by atoms with Crippen LogP contribution in [0.5, 0.6) is 0 Å². The number of esters is 2. The molecule has 0 amide bonds. The fourth-order valence-corrected chi connectivity index (χ4v) is 2.91. The number of rotatable bonds is 7. The van der Waals surface area contributed by atoms with E-state index in [1.807, 2.05) is 24.3 Å². The first-order valence-corrected chi connectivity index (χ1v) is 9.03. The van der Waals surface area contributed by atoms with Crippen molar-refractivity contribution in [3.63, 3.8) is 0 Å². The number of hydrogen-bond donors (Lipinski definition) is 0. The van der Waals surface area contributed by atoms with Gasteiger partial charge < -0.3 is 18.9 Å². The summed E-state index contributed by atoms with van der Waals surface area (Å²) in [6, 6.07) is 8.03. The molecule has 1 aromatic carbocycles. The maximum absolute atomic E-state index is 11.2. The lowest BCUT2D eigenvalue weighted by Crippen LogP contribution is -2.41. The van der Waals surface area contributed by atoms with Crippen LogP contribution in [-0.4, -0.2) is 43.7 Å². The fraction of sp³-hybridized carbons (Fsp3) is 0.556. The molecule has 3 unspecified atom stereocenters. The highest BCUT2D eigenvalue weighted by molar-refractivity contribution is 9.10. The summed E-state index contributed by atoms with van der Waals surface area (Å²) in [4.78, 5) is 22.2. The molecule has 1 aliphatic heterocycles. The number of halogens is 1. The van der Waals surface area contributed by atoms with E-state index < -0.39 is 6.29 Å². The van der Waals surface area contributed by atoms with E-state index in [0.717, 1.165) is 16.5 Å². The Kier molecular flexibility index (Phi) is 7.87. The van der Waals surface area contributed by atoms with E-state index in [-0.39, 0.29) is 30.8 Å². The van der Waals surface area contributed by atoms with E-state index in [9.17, 15) is 9.59 Å². The summed E-state index contributed by atoms with van der Waals surface area (Å²) < 4.78 is 22.9. The van der Waals surface area contributed by atoms with Gasteiger partial charge in [0.05, 0.1) is 12.7 Å². The molecule has 0 spiro atoms. The number of ether oxygens (including phenoxy) is 4. The third kappa shape index (κ3) is 7.54. The van der Waals surface area contributed by atoms with Crippen LogP contribution in [0.1, 0.15) is 32.3 Å². The molecule has 3 atom stereocenters. The molecule has 2 rings (SSSR count). The molecule has 7 heteroatoms. The van der Waals surface area contributed by atoms with Crippen molar-refractivity contribution < 1.29 is 28.5 Å². The maximum Gasteiger partial charge on any atom is 0.302 e. The van der Waals surface area contributed by atoms with Crippen molar-refractivity contribution in [1.29, 1.82) is 0 Å². The standard InChI is InChI=1S/C18H23BrO6/c1-12(20)23-11-17-9-16(24-13(2)21)10-18(25-17)22-8-7-14-3-5-15(19)6-4-14/h3-6,16-18H,7-11H2,1-2H3. The summed E-state index contributed by atoms with van der Waals surface area (Å²) >= 11 is 3.41. The number of carbonyl (C=O) groups excluding carboxylic acids is 2. The van der Waals surface area contributed by atoms with Gasteiger partial charge in [0.2, 0.25) is 0 Å². The second-order valence-corrected chi connectivity index (χ2v) is 6.86. The summed E-state index contributed by atoms with van der Waals surface area (Å²) in [5.74, 6) is -0.710. The summed E-state index contributed by atoms with van der Waals surface area (Å²) in [6.07, 6.45) is 0.564. The van der Waals surface area contributed by atoms with Gasteiger partial charge in [-0.15, -0.1) is 0 Å². The summed E-state index contributed by atoms with van der Waals surface area (Å²) in [5.41, 5.74) is 1.16. The lowest BCUT2D eigenvalue weighted by Gasteiger charge is -2.34. The molecule has 1 aliphatic rings. The van der Waals surface area contributed by atoms with Crippen molar-refractivity contribution in [2.24, 2.45) is 0 Å². The van der Waals surface area contributed by atoms with Crippen molar-refractivity contribution in [2.75, 3.05) is 13.2 Å². The van der Waals surface area contributed by atoms with Crippen LogP contribution in [0.3, 0.4) is 0 Å². The normalized spacial score (nSPS) is 23.1. The van der Waals surface area contributed by atoms with Gasteiger partial charge in [-0.2, -0.15) is 0 Å². The molecule has 0 saturated carbocycles. The zero-order valence-corrected chi connectivity index (χ0v) is 16.0. The van der Waals surface area contributed by atoms with Crippen LogP contribution < -0.4 is 0 Å². The van der Waals surface area contributed by atoms with Crippen molar-refractivity contribution in [2.45, 2.75) is 51.6 Å². The Balaban J connectivity index is 1.84. The average Bonchev–Trinajstić information content (AvgIpc) is 2.54. The van der Waals surface area contributed by atoms with Crippen LogP contribution in [0.25, 0.3) is 0 Å². The summed E-state index contributed by atoms with van der Waals surface area (Å²) in [5, 5.41) is 0. The molecule has 1 fully saturated rings. The smallest absolute Gasteiger partial charge is 0.302 e. The predicted octanol–water partition coefficient (Wildman–Crippen LogP) is 3.01. The highest BCUT2D eigenvalue weighted by Gasteiger charge is 2.32. The van der Waals surface area contributed by atoms with E-state index >= 15 is 0 Å². The van der Waals surface area contributed by atoms with Gasteiger partial charge in [0, 0.05) is 31.2 Å². The molecule has 0 aliphatic carbocycles. The van der Waals surface area contributed by atoms with Gasteiger partial charge in [-0.25, -0.2) is 0 Å². The molecular weight excluding hydrogens is 392 g/mol. The van der Waals surface area contributed by atoms with E-state index in [1.165, 1.54) is 13.8 Å². The van der Waals surface area contributed by atoms with E-state index in [2.05, 4.69) is 15.9 Å². The lowest BCUT2D eigenvalue weighted by atomic mass is 10.1. The number of carbonyl (C=O) groups is 2. The Morgan fingerprint density at radius 2 is 1.88 bits per heavy atom. The minimum Gasteiger partial charge on any atom is -0.463 e. The van der Waals surface area contributed by atoms with E-state index in [1.54, 1.807) is 0 Å². The average molecular weight is 415 g/mol. The number of benzene rings is 1. The van der Waals surface area contributed by atoms with Crippen LogP contribution in [0.2, 0.25) is 0 Å². The predicted molar refractivity (Wildman–Crippen MR) is 93.9 cm³/mol. The molecule has 0 radical (unpaired) electrons. The third-order valence-corrected chi connectivity index (χ3v) is 4.27. The van der Waals surface area contributed by atoms with E-state index in [0.29, 0.717) is 19.4 Å². The van der Waals surface area contributed by atoms with Crippen LogP contribution in [0.4, 0.5) is 0 Å². The quantitative estimate of drug-likeness (QED) is 0.638. The molecule has 6 nitrogen and oxygen atoms in total. The Morgan fingerprint density at radius 3 is 2.52 bits per heavy atom. The highest BCUT2D eigenvalue weighted by atomic mass is 79.9. The first kappa shape index (κ1) is 19.9. The Morgan fingerprint density at radius 1 is 1.16 bits per heavy atom. The SMILES string of the molecule is CC(=O)OCC1CC(OC(C)=O)CC(OCCc2ccc(Br)cc2)O1. The van der Waals surface area contributed by atoms with Gasteiger partial charge in [0.1, 0.15) is 12.7 Å². The minimum absolute atomic E-state index is 0.125. The van der Waals surface area contributed by atoms with Gasteiger partial charge >= 0.3 is 11.9 Å². The summed E-state index contributed by atoms with van der Waals surface area (Å²) in [7, 11) is 0. The Hall–Kier alpha value is -1.44. The topological polar surface area (TPSA) is 71.1 Å². The minimum atomic E-state index is -0.492. The van der Waals surface area contributed by atoms with Gasteiger partial charge in [-0.3, -0.25) is 9.59 Å². The second-order valence-electron chi connectivity index (χ2n) is 5.94. The Bertz CT molecular complexity index is 573. The molecule has 1 heterocycles. The fourth-order valence-electron chi connectivity index (χ4n) is 2.65. The van der Waals surface area contributed by atoms with Crippen molar-refractivity contribution in [3.05, 3.63) is 34.3 Å². The number of hydrogen-bond acceptors (Lipinski definition) is 6. The van der Waals surface area contributed by atoms with Crippen molar-refractivity contribution >= 4 is 27.9 Å². The third-order valence-electron chi connectivity index (χ3n) is 3.74. The van der Waals surface area contributed by atoms with Crippen molar-refractivity contribution in [1.82, 2.24) is 0 Å². The zero-order chi connectivity index (χ0) is 18.2. The Labute approximate surface area is 155 Å². The summed E-state index contributed by atoms with van der Waals surface area (Å²) in [6.45, 7) is 3.33.